The topological polar surface area (TPSA) is 0 Å². The molecule has 0 nitrogen and oxygen atoms in total. The molecule has 14 heavy (non-hydrogen) atoms. The van der Waals surface area contributed by atoms with Gasteiger partial charge in [0.1, 0.15) is 0 Å². The first-order valence-electron chi connectivity index (χ1n) is 6.08. The van der Waals surface area contributed by atoms with Crippen molar-refractivity contribution in [3.63, 3.8) is 0 Å². The molecule has 0 aromatic heterocycles. The van der Waals surface area contributed by atoms with Crippen LogP contribution in [-0.2, 0) is 0 Å². The third-order valence-corrected chi connectivity index (χ3v) is 2.62. The molecular weight excluding hydrogens is 168 g/mol. The first-order valence-corrected chi connectivity index (χ1v) is 6.08. The quantitative estimate of drug-likeness (QED) is 0.586. The summed E-state index contributed by atoms with van der Waals surface area (Å²) in [6.45, 7) is 10.8. The monoisotopic (exact) mass is 193 g/mol. The van der Waals surface area contributed by atoms with Gasteiger partial charge >= 0.3 is 0 Å². The van der Waals surface area contributed by atoms with Crippen molar-refractivity contribution in [1.82, 2.24) is 0 Å². The van der Waals surface area contributed by atoms with E-state index in [1.165, 1.54) is 19.3 Å². The fraction of sp³-hybridized carbons (Fsp3) is 0.643. The lowest BCUT2D eigenvalue weighted by atomic mass is 9.87. The highest BCUT2D eigenvalue weighted by Gasteiger charge is 2.11. The average Bonchev–Trinajstić information content (AvgIpc) is 2.30. The second-order valence-electron chi connectivity index (χ2n) is 3.23. The molecule has 0 heteroatoms. The smallest absolute Gasteiger partial charge is 0.00938 e. The van der Waals surface area contributed by atoms with E-state index in [9.17, 15) is 0 Å². The number of rotatable bonds is 3. The van der Waals surface area contributed by atoms with Crippen LogP contribution in [0.1, 0.15) is 60.3 Å². The molecule has 0 bridgehead atoms. The maximum Gasteiger partial charge on any atom is -0.00938 e. The van der Waals surface area contributed by atoms with E-state index in [1.807, 2.05) is 13.8 Å². The summed E-state index contributed by atoms with van der Waals surface area (Å²) in [5.74, 6) is 0. The second kappa shape index (κ2) is 7.84. The maximum atomic E-state index is 2.37. The zero-order chi connectivity index (χ0) is 11.0. The minimum atomic E-state index is 1.15. The molecule has 0 atom stereocenters. The van der Waals surface area contributed by atoms with Gasteiger partial charge < -0.3 is 0 Å². The summed E-state index contributed by atoms with van der Waals surface area (Å²) >= 11 is 0. The highest BCUT2D eigenvalue weighted by atomic mass is 14.2. The van der Waals surface area contributed by atoms with Crippen LogP contribution in [0.4, 0.5) is 0 Å². The molecule has 1 aliphatic rings. The van der Waals surface area contributed by atoms with Crippen molar-refractivity contribution >= 4 is 0 Å². The van der Waals surface area contributed by atoms with Gasteiger partial charge in [0.25, 0.3) is 0 Å². The molecule has 0 aromatic carbocycles. The summed E-state index contributed by atoms with van der Waals surface area (Å²) in [6.07, 6.45) is 9.48. The Bertz CT molecular complexity index is 206. The van der Waals surface area contributed by atoms with Gasteiger partial charge in [-0.2, -0.15) is 0 Å². The molecule has 81 valence electrons. The molecule has 0 fully saturated rings. The zero-order valence-electron chi connectivity index (χ0n) is 10.5. The van der Waals surface area contributed by atoms with Gasteiger partial charge in [-0.05, 0) is 43.3 Å². The Labute approximate surface area is 90.1 Å². The third-order valence-electron chi connectivity index (χ3n) is 2.62. The highest BCUT2D eigenvalue weighted by Crippen LogP contribution is 2.30. The Kier molecular flexibility index (Phi) is 7.55. The number of allylic oxidation sites excluding steroid dienone is 4. The normalized spacial score (nSPS) is 15.9. The van der Waals surface area contributed by atoms with Gasteiger partial charge in [-0.15, -0.1) is 0 Å². The Morgan fingerprint density at radius 1 is 1.00 bits per heavy atom. The van der Waals surface area contributed by atoms with Crippen molar-refractivity contribution in [3.8, 4) is 0 Å². The average molecular weight is 193 g/mol. The summed E-state index contributed by atoms with van der Waals surface area (Å²) in [5.41, 5.74) is 4.76. The molecule has 1 rings (SSSR count). The highest BCUT2D eigenvalue weighted by molar-refractivity contribution is 5.42. The third kappa shape index (κ3) is 3.32. The van der Waals surface area contributed by atoms with Gasteiger partial charge in [0.2, 0.25) is 0 Å². The van der Waals surface area contributed by atoms with Gasteiger partial charge in [0.15, 0.2) is 0 Å². The van der Waals surface area contributed by atoms with Crippen molar-refractivity contribution in [2.45, 2.75) is 60.3 Å². The lowest BCUT2D eigenvalue weighted by Crippen LogP contribution is -2.00. The van der Waals surface area contributed by atoms with E-state index in [0.717, 1.165) is 6.42 Å². The fourth-order valence-electron chi connectivity index (χ4n) is 1.97. The van der Waals surface area contributed by atoms with Crippen LogP contribution in [0.2, 0.25) is 0 Å². The van der Waals surface area contributed by atoms with Crippen LogP contribution < -0.4 is 0 Å². The van der Waals surface area contributed by atoms with Crippen molar-refractivity contribution < 1.29 is 0 Å². The molecule has 1 radical (unpaired) electrons. The molecular formula is C14H25. The van der Waals surface area contributed by atoms with Gasteiger partial charge in [-0.3, -0.25) is 0 Å². The molecule has 0 N–H and O–H groups in total. The minimum Gasteiger partial charge on any atom is -0.0804 e. The molecule has 1 aliphatic carbocycles. The van der Waals surface area contributed by atoms with Crippen LogP contribution in [0, 0.1) is 6.42 Å². The van der Waals surface area contributed by atoms with Crippen LogP contribution in [0.5, 0.6) is 0 Å². The Morgan fingerprint density at radius 3 is 2.07 bits per heavy atom. The maximum absolute atomic E-state index is 2.37. The molecule has 0 saturated heterocycles. The lowest BCUT2D eigenvalue weighted by Gasteiger charge is -2.19. The van der Waals surface area contributed by atoms with Crippen LogP contribution in [0.25, 0.3) is 0 Å². The first-order chi connectivity index (χ1) is 6.83. The Balaban J connectivity index is 0.000000791. The first kappa shape index (κ1) is 13.5. The van der Waals surface area contributed by atoms with Crippen molar-refractivity contribution in [2.75, 3.05) is 0 Å². The van der Waals surface area contributed by atoms with Crippen molar-refractivity contribution in [1.29, 1.82) is 0 Å². The molecule has 0 aliphatic heterocycles. The van der Waals surface area contributed by atoms with Crippen LogP contribution in [-0.4, -0.2) is 0 Å². The van der Waals surface area contributed by atoms with Crippen LogP contribution >= 0.6 is 0 Å². The van der Waals surface area contributed by atoms with E-state index in [2.05, 4.69) is 33.3 Å². The van der Waals surface area contributed by atoms with Gasteiger partial charge in [0, 0.05) is 0 Å². The fourth-order valence-corrected chi connectivity index (χ4v) is 1.97. The number of hydrogen-bond donors (Lipinski definition) is 0. The van der Waals surface area contributed by atoms with Crippen LogP contribution in [0.3, 0.4) is 0 Å². The van der Waals surface area contributed by atoms with E-state index in [-0.39, 0.29) is 0 Å². The zero-order valence-corrected chi connectivity index (χ0v) is 10.5. The summed E-state index contributed by atoms with van der Waals surface area (Å²) < 4.78 is 0. The minimum absolute atomic E-state index is 1.15. The molecule has 0 amide bonds. The summed E-state index contributed by atoms with van der Waals surface area (Å²) in [5, 5.41) is 0. The van der Waals surface area contributed by atoms with Gasteiger partial charge in [-0.1, -0.05) is 46.3 Å². The van der Waals surface area contributed by atoms with Gasteiger partial charge in [-0.25, -0.2) is 0 Å². The summed E-state index contributed by atoms with van der Waals surface area (Å²) in [7, 11) is 0. The van der Waals surface area contributed by atoms with E-state index in [1.54, 1.807) is 16.7 Å². The molecule has 0 saturated carbocycles. The van der Waals surface area contributed by atoms with Crippen molar-refractivity contribution in [2.24, 2.45) is 0 Å². The SMILES string of the molecule is CC.CCC1=CC[CH]C(CC)=C1CC. The molecule has 0 unspecified atom stereocenters. The predicted molar refractivity (Wildman–Crippen MR) is 66.2 cm³/mol. The number of hydrogen-bond acceptors (Lipinski definition) is 0. The van der Waals surface area contributed by atoms with Crippen molar-refractivity contribution in [3.05, 3.63) is 29.2 Å². The molecule has 0 aromatic rings. The second-order valence-corrected chi connectivity index (χ2v) is 3.23. The van der Waals surface area contributed by atoms with E-state index in [0.29, 0.717) is 0 Å². The van der Waals surface area contributed by atoms with E-state index in [4.69, 9.17) is 0 Å². The summed E-state index contributed by atoms with van der Waals surface area (Å²) in [6, 6.07) is 0. The van der Waals surface area contributed by atoms with E-state index < -0.39 is 0 Å². The lowest BCUT2D eigenvalue weighted by molar-refractivity contribution is 0.914. The molecule has 0 heterocycles. The summed E-state index contributed by atoms with van der Waals surface area (Å²) in [4.78, 5) is 0. The Morgan fingerprint density at radius 2 is 1.64 bits per heavy atom. The van der Waals surface area contributed by atoms with Crippen LogP contribution in [0.15, 0.2) is 22.8 Å². The largest absolute Gasteiger partial charge is 0.0804 e. The standard InChI is InChI=1S/C12H19.C2H6/c1-4-10-8-7-9-11(5-2)12(10)6-3;1-2/h8-9H,4-7H2,1-3H3;1-2H3. The molecule has 0 spiro atoms. The predicted octanol–water partition coefficient (Wildman–Crippen LogP) is 5.07. The van der Waals surface area contributed by atoms with Gasteiger partial charge in [0.05, 0.1) is 0 Å². The Hall–Kier alpha value is -0.520. The van der Waals surface area contributed by atoms with E-state index >= 15 is 0 Å².